The third-order valence-electron chi connectivity index (χ3n) is 2.39. The highest BCUT2D eigenvalue weighted by atomic mass is 32.2. The number of hydrogen-bond donors (Lipinski definition) is 0. The molecule has 0 atom stereocenters. The Morgan fingerprint density at radius 1 is 1.42 bits per heavy atom. The molecule has 0 aliphatic carbocycles. The van der Waals surface area contributed by atoms with E-state index in [4.69, 9.17) is 0 Å². The second kappa shape index (κ2) is 3.00. The van der Waals surface area contributed by atoms with E-state index in [-0.39, 0.29) is 5.41 Å². The third kappa shape index (κ3) is 1.98. The van der Waals surface area contributed by atoms with Crippen LogP contribution in [0.25, 0.3) is 0 Å². The van der Waals surface area contributed by atoms with Gasteiger partial charge in [0.15, 0.2) is 0 Å². The van der Waals surface area contributed by atoms with Gasteiger partial charge in [0.05, 0.1) is 5.75 Å². The lowest BCUT2D eigenvalue weighted by Crippen LogP contribution is -2.45. The summed E-state index contributed by atoms with van der Waals surface area (Å²) in [7, 11) is -2.91. The lowest BCUT2D eigenvalue weighted by molar-refractivity contribution is 0.236. The van der Waals surface area contributed by atoms with Crippen LogP contribution in [0.2, 0.25) is 0 Å². The Hall–Kier alpha value is -0.0900. The summed E-state index contributed by atoms with van der Waals surface area (Å²) in [6.45, 7) is 7.39. The van der Waals surface area contributed by atoms with Crippen molar-refractivity contribution in [1.29, 1.82) is 0 Å². The maximum absolute atomic E-state index is 11.4. The molecule has 1 aliphatic rings. The highest BCUT2D eigenvalue weighted by Crippen LogP contribution is 2.29. The average Bonchev–Trinajstić information content (AvgIpc) is 1.95. The Labute approximate surface area is 74.8 Å². The fraction of sp³-hybridized carbons (Fsp3) is 1.00. The molecule has 0 spiro atoms. The predicted molar refractivity (Wildman–Crippen MR) is 49.4 cm³/mol. The fourth-order valence-electron chi connectivity index (χ4n) is 1.50. The molecule has 1 rings (SSSR count). The van der Waals surface area contributed by atoms with E-state index in [0.717, 1.165) is 6.42 Å². The minimum absolute atomic E-state index is 0.154. The summed E-state index contributed by atoms with van der Waals surface area (Å²) >= 11 is 0. The molecule has 0 radical (unpaired) electrons. The monoisotopic (exact) mass is 191 g/mol. The zero-order valence-electron chi connectivity index (χ0n) is 8.00. The van der Waals surface area contributed by atoms with Crippen molar-refractivity contribution in [2.45, 2.75) is 27.2 Å². The third-order valence-corrected chi connectivity index (χ3v) is 4.28. The van der Waals surface area contributed by atoms with Crippen molar-refractivity contribution < 1.29 is 8.42 Å². The van der Waals surface area contributed by atoms with Gasteiger partial charge in [0.25, 0.3) is 0 Å². The predicted octanol–water partition coefficient (Wildman–Crippen LogP) is 1.07. The zero-order chi connectivity index (χ0) is 9.41. The molecule has 0 aromatic rings. The van der Waals surface area contributed by atoms with Gasteiger partial charge in [-0.15, -0.1) is 0 Å². The van der Waals surface area contributed by atoms with Gasteiger partial charge in [-0.25, -0.2) is 12.7 Å². The van der Waals surface area contributed by atoms with Gasteiger partial charge in [-0.1, -0.05) is 20.8 Å². The summed E-state index contributed by atoms with van der Waals surface area (Å²) in [6.07, 6.45) is 0.784. The first-order chi connectivity index (χ1) is 5.37. The number of nitrogens with zero attached hydrogens (tertiary/aromatic N) is 1. The highest BCUT2D eigenvalue weighted by Gasteiger charge is 2.34. The molecule has 0 saturated carbocycles. The van der Waals surface area contributed by atoms with Crippen LogP contribution in [0.3, 0.4) is 0 Å². The molecule has 1 fully saturated rings. The lowest BCUT2D eigenvalue weighted by atomic mass is 9.90. The van der Waals surface area contributed by atoms with E-state index in [9.17, 15) is 8.42 Å². The molecule has 0 N–H and O–H groups in total. The van der Waals surface area contributed by atoms with Gasteiger partial charge in [0.1, 0.15) is 0 Å². The van der Waals surface area contributed by atoms with Crippen molar-refractivity contribution in [2.75, 3.05) is 18.8 Å². The van der Waals surface area contributed by atoms with Crippen LogP contribution in [0, 0.1) is 5.41 Å². The quantitative estimate of drug-likeness (QED) is 0.621. The van der Waals surface area contributed by atoms with Gasteiger partial charge < -0.3 is 0 Å². The van der Waals surface area contributed by atoms with Crippen LogP contribution in [0.15, 0.2) is 0 Å². The van der Waals surface area contributed by atoms with Crippen LogP contribution < -0.4 is 0 Å². The topological polar surface area (TPSA) is 37.4 Å². The molecule has 0 aromatic carbocycles. The minimum Gasteiger partial charge on any atom is -0.212 e. The van der Waals surface area contributed by atoms with Crippen molar-refractivity contribution >= 4 is 10.0 Å². The first-order valence-corrected chi connectivity index (χ1v) is 5.96. The zero-order valence-corrected chi connectivity index (χ0v) is 8.82. The molecule has 1 heterocycles. The molecule has 72 valence electrons. The maximum Gasteiger partial charge on any atom is 0.214 e. The standard InChI is InChI=1S/C8H17NO2S/c1-4-9-7-8(2,3)5-6-12(9,10)11/h4-7H2,1-3H3. The van der Waals surface area contributed by atoms with Gasteiger partial charge in [-0.2, -0.15) is 0 Å². The molecule has 0 aromatic heterocycles. The molecule has 0 unspecified atom stereocenters. The van der Waals surface area contributed by atoms with Crippen LogP contribution in [0.5, 0.6) is 0 Å². The van der Waals surface area contributed by atoms with Gasteiger partial charge in [-0.05, 0) is 11.8 Å². The average molecular weight is 191 g/mol. The molecule has 1 aliphatic heterocycles. The van der Waals surface area contributed by atoms with Crippen LogP contribution in [0.1, 0.15) is 27.2 Å². The van der Waals surface area contributed by atoms with E-state index < -0.39 is 10.0 Å². The Morgan fingerprint density at radius 3 is 2.42 bits per heavy atom. The van der Waals surface area contributed by atoms with Gasteiger partial charge in [-0.3, -0.25) is 0 Å². The molecule has 1 saturated heterocycles. The Morgan fingerprint density at radius 2 is 2.00 bits per heavy atom. The Bertz CT molecular complexity index is 256. The van der Waals surface area contributed by atoms with Gasteiger partial charge in [0, 0.05) is 13.1 Å². The van der Waals surface area contributed by atoms with E-state index in [0.29, 0.717) is 18.8 Å². The first-order valence-electron chi connectivity index (χ1n) is 4.35. The van der Waals surface area contributed by atoms with Crippen LogP contribution in [-0.4, -0.2) is 31.6 Å². The number of rotatable bonds is 1. The van der Waals surface area contributed by atoms with E-state index in [1.165, 1.54) is 0 Å². The Balaban J connectivity index is 2.81. The van der Waals surface area contributed by atoms with Crippen LogP contribution >= 0.6 is 0 Å². The van der Waals surface area contributed by atoms with Crippen molar-refractivity contribution in [3.63, 3.8) is 0 Å². The van der Waals surface area contributed by atoms with E-state index in [2.05, 4.69) is 13.8 Å². The minimum atomic E-state index is -2.91. The SMILES string of the molecule is CCN1CC(C)(C)CCS1(=O)=O. The largest absolute Gasteiger partial charge is 0.214 e. The molecular weight excluding hydrogens is 174 g/mol. The van der Waals surface area contributed by atoms with Gasteiger partial charge >= 0.3 is 0 Å². The van der Waals surface area contributed by atoms with Gasteiger partial charge in [0.2, 0.25) is 10.0 Å². The van der Waals surface area contributed by atoms with Crippen LogP contribution in [-0.2, 0) is 10.0 Å². The number of sulfonamides is 1. The Kier molecular flexibility index (Phi) is 2.50. The van der Waals surface area contributed by atoms with Crippen molar-refractivity contribution in [1.82, 2.24) is 4.31 Å². The molecule has 0 amide bonds. The summed E-state index contributed by atoms with van der Waals surface area (Å²) < 4.78 is 24.4. The number of hydrogen-bond acceptors (Lipinski definition) is 2. The van der Waals surface area contributed by atoms with E-state index >= 15 is 0 Å². The smallest absolute Gasteiger partial charge is 0.212 e. The molecule has 4 heteroatoms. The van der Waals surface area contributed by atoms with Crippen molar-refractivity contribution in [3.05, 3.63) is 0 Å². The molecule has 3 nitrogen and oxygen atoms in total. The summed E-state index contributed by atoms with van der Waals surface area (Å²) in [5.41, 5.74) is 0.154. The summed E-state index contributed by atoms with van der Waals surface area (Å²) in [5, 5.41) is 0. The summed E-state index contributed by atoms with van der Waals surface area (Å²) in [6, 6.07) is 0. The second-order valence-corrected chi connectivity index (χ2v) is 6.24. The molecular formula is C8H17NO2S. The van der Waals surface area contributed by atoms with E-state index in [1.807, 2.05) is 6.92 Å². The van der Waals surface area contributed by atoms with Crippen LogP contribution in [0.4, 0.5) is 0 Å². The maximum atomic E-state index is 11.4. The molecule has 0 bridgehead atoms. The lowest BCUT2D eigenvalue weighted by Gasteiger charge is -2.36. The molecule has 12 heavy (non-hydrogen) atoms. The van der Waals surface area contributed by atoms with E-state index in [1.54, 1.807) is 4.31 Å². The summed E-state index contributed by atoms with van der Waals surface area (Å²) in [5.74, 6) is 0.313. The van der Waals surface area contributed by atoms with Crippen molar-refractivity contribution in [3.8, 4) is 0 Å². The first kappa shape index (κ1) is 9.99. The highest BCUT2D eigenvalue weighted by molar-refractivity contribution is 7.89. The fourth-order valence-corrected chi connectivity index (χ4v) is 3.51. The second-order valence-electron chi connectivity index (χ2n) is 4.16. The summed E-state index contributed by atoms with van der Waals surface area (Å²) in [4.78, 5) is 0. The van der Waals surface area contributed by atoms with Crippen molar-refractivity contribution in [2.24, 2.45) is 5.41 Å². The normalized spacial score (nSPS) is 28.6.